The zero-order chi connectivity index (χ0) is 30.9. The molecule has 0 fully saturated rings. The van der Waals surface area contributed by atoms with Crippen LogP contribution in [-0.4, -0.2) is 19.4 Å². The van der Waals surface area contributed by atoms with Gasteiger partial charge in [0.05, 0.1) is 27.9 Å². The Labute approximate surface area is 270 Å². The number of nitrogens with zero attached hydrogens (tertiary/aromatic N) is 4. The topological polar surface area (TPSA) is 43.1 Å². The third-order valence-corrected chi connectivity index (χ3v) is 9.44. The Hall–Kier alpha value is -6.39. The minimum absolute atomic E-state index is 0.933. The molecule has 0 N–H and O–H groups in total. The number of rotatable bonds is 3. The third-order valence-electron chi connectivity index (χ3n) is 9.44. The van der Waals surface area contributed by atoms with Crippen molar-refractivity contribution in [3.05, 3.63) is 158 Å². The molecule has 0 aliphatic carbocycles. The Balaban J connectivity index is 1.29. The zero-order valence-electron chi connectivity index (χ0n) is 25.3. The summed E-state index contributed by atoms with van der Waals surface area (Å²) in [5, 5.41) is 8.07. The smallest absolute Gasteiger partial charge is 0.146 e. The number of aromatic nitrogens is 4. The minimum Gasteiger partial charge on any atom is -0.292 e. The Morgan fingerprint density at radius 3 is 1.79 bits per heavy atom. The normalized spacial score (nSPS) is 11.8. The second kappa shape index (κ2) is 10.1. The highest BCUT2D eigenvalue weighted by atomic mass is 15.0. The van der Waals surface area contributed by atoms with Crippen LogP contribution in [0.1, 0.15) is 0 Å². The van der Waals surface area contributed by atoms with E-state index in [0.29, 0.717) is 0 Å². The molecule has 0 atom stereocenters. The zero-order valence-corrected chi connectivity index (χ0v) is 25.3. The summed E-state index contributed by atoms with van der Waals surface area (Å²) in [6.45, 7) is 0. The van der Waals surface area contributed by atoms with Gasteiger partial charge in [-0.2, -0.15) is 0 Å². The van der Waals surface area contributed by atoms with Crippen molar-refractivity contribution in [1.82, 2.24) is 19.4 Å². The lowest BCUT2D eigenvalue weighted by Gasteiger charge is -2.18. The van der Waals surface area contributed by atoms with Crippen LogP contribution in [0.25, 0.3) is 93.5 Å². The molecule has 0 amide bonds. The van der Waals surface area contributed by atoms with Gasteiger partial charge < -0.3 is 0 Å². The van der Waals surface area contributed by atoms with Gasteiger partial charge in [-0.15, -0.1) is 0 Å². The van der Waals surface area contributed by atoms with Gasteiger partial charge in [-0.05, 0) is 75.1 Å². The molecule has 0 saturated heterocycles. The van der Waals surface area contributed by atoms with Crippen LogP contribution in [0, 0.1) is 0 Å². The number of para-hydroxylation sites is 3. The highest BCUT2D eigenvalue weighted by molar-refractivity contribution is 6.22. The lowest BCUT2D eigenvalue weighted by atomic mass is 9.86. The van der Waals surface area contributed by atoms with E-state index < -0.39 is 0 Å². The molecular formula is C43H26N4. The first kappa shape index (κ1) is 25.9. The Morgan fingerprint density at radius 1 is 0.404 bits per heavy atom. The lowest BCUT2D eigenvalue weighted by molar-refractivity contribution is 1.30. The van der Waals surface area contributed by atoms with E-state index in [1.54, 1.807) is 0 Å². The molecule has 0 unspecified atom stereocenters. The van der Waals surface area contributed by atoms with E-state index >= 15 is 0 Å². The summed E-state index contributed by atoms with van der Waals surface area (Å²) in [5.41, 5.74) is 10.7. The second-order valence-corrected chi connectivity index (χ2v) is 12.0. The van der Waals surface area contributed by atoms with E-state index in [4.69, 9.17) is 9.97 Å². The van der Waals surface area contributed by atoms with E-state index in [9.17, 15) is 0 Å². The maximum Gasteiger partial charge on any atom is 0.146 e. The molecule has 0 spiro atoms. The minimum atomic E-state index is 0.933. The van der Waals surface area contributed by atoms with Gasteiger partial charge >= 0.3 is 0 Å². The molecule has 0 saturated carbocycles. The first-order chi connectivity index (χ1) is 23.3. The fourth-order valence-electron chi connectivity index (χ4n) is 7.42. The monoisotopic (exact) mass is 598 g/mol. The van der Waals surface area contributed by atoms with Crippen molar-refractivity contribution in [3.8, 4) is 33.6 Å². The van der Waals surface area contributed by atoms with Gasteiger partial charge in [-0.1, -0.05) is 103 Å². The Bertz CT molecular complexity index is 2790. The third kappa shape index (κ3) is 3.85. The van der Waals surface area contributed by atoms with Gasteiger partial charge in [0.1, 0.15) is 5.65 Å². The van der Waals surface area contributed by atoms with Crippen molar-refractivity contribution in [2.24, 2.45) is 0 Å². The van der Waals surface area contributed by atoms with Crippen LogP contribution in [-0.2, 0) is 0 Å². The van der Waals surface area contributed by atoms with Gasteiger partial charge in [-0.3, -0.25) is 14.4 Å². The number of benzene rings is 6. The number of hydrogen-bond donors (Lipinski definition) is 0. The predicted octanol–water partition coefficient (Wildman–Crippen LogP) is 10.9. The van der Waals surface area contributed by atoms with E-state index in [2.05, 4.69) is 143 Å². The number of hydrogen-bond acceptors (Lipinski definition) is 3. The lowest BCUT2D eigenvalue weighted by Crippen LogP contribution is -1.95. The van der Waals surface area contributed by atoms with E-state index in [0.717, 1.165) is 66.4 Å². The van der Waals surface area contributed by atoms with Gasteiger partial charge in [0.2, 0.25) is 0 Å². The van der Waals surface area contributed by atoms with Gasteiger partial charge in [0.15, 0.2) is 0 Å². The number of fused-ring (bicyclic) bond motifs is 10. The standard InChI is InChI=1S/C43H26N4/c1-3-17-32-30(15-1)41(28-13-11-12-27(24-28)36-19-9-10-23-44-36)31-16-2-4-18-33(31)42(32)38-25-34-35(26-45-38)29-14-5-7-21-39(29)47-40-22-8-6-20-37(40)46-43(34)47/h1-26H. The highest BCUT2D eigenvalue weighted by Crippen LogP contribution is 2.44. The molecule has 6 aromatic carbocycles. The van der Waals surface area contributed by atoms with Crippen LogP contribution in [0.2, 0.25) is 0 Å². The predicted molar refractivity (Wildman–Crippen MR) is 195 cm³/mol. The summed E-state index contributed by atoms with van der Waals surface area (Å²) in [4.78, 5) is 15.0. The van der Waals surface area contributed by atoms with Crippen molar-refractivity contribution >= 4 is 59.9 Å². The molecule has 0 bridgehead atoms. The average molecular weight is 599 g/mol. The quantitative estimate of drug-likeness (QED) is 0.150. The maximum atomic E-state index is 5.20. The number of imidazole rings is 1. The van der Waals surface area contributed by atoms with E-state index in [-0.39, 0.29) is 0 Å². The van der Waals surface area contributed by atoms with Crippen molar-refractivity contribution in [1.29, 1.82) is 0 Å². The number of pyridine rings is 3. The van der Waals surface area contributed by atoms with E-state index in [1.807, 2.05) is 24.5 Å². The van der Waals surface area contributed by atoms with Crippen molar-refractivity contribution in [3.63, 3.8) is 0 Å². The molecule has 4 nitrogen and oxygen atoms in total. The molecule has 0 aliphatic rings. The van der Waals surface area contributed by atoms with Crippen LogP contribution < -0.4 is 0 Å². The Morgan fingerprint density at radius 2 is 1.04 bits per heavy atom. The molecule has 218 valence electrons. The fraction of sp³-hybridized carbons (Fsp3) is 0. The van der Waals surface area contributed by atoms with Crippen LogP contribution in [0.5, 0.6) is 0 Å². The summed E-state index contributed by atoms with van der Waals surface area (Å²) < 4.78 is 2.30. The van der Waals surface area contributed by atoms with Crippen LogP contribution >= 0.6 is 0 Å². The van der Waals surface area contributed by atoms with E-state index in [1.165, 1.54) is 27.1 Å². The molecule has 0 radical (unpaired) electrons. The summed E-state index contributed by atoms with van der Waals surface area (Å²) >= 11 is 0. The molecule has 47 heavy (non-hydrogen) atoms. The molecule has 4 heterocycles. The first-order valence-electron chi connectivity index (χ1n) is 15.9. The largest absolute Gasteiger partial charge is 0.292 e. The summed E-state index contributed by atoms with van der Waals surface area (Å²) in [5.74, 6) is 0. The van der Waals surface area contributed by atoms with Crippen molar-refractivity contribution in [2.45, 2.75) is 0 Å². The SMILES string of the molecule is c1ccc(-c2cccc(-c3c4ccccc4c(-c4cc5c(cn4)c4ccccc4n4c6ccccc6nc54)c4ccccc34)c2)nc1. The van der Waals surface area contributed by atoms with Crippen molar-refractivity contribution in [2.75, 3.05) is 0 Å². The molecular weight excluding hydrogens is 573 g/mol. The van der Waals surface area contributed by atoms with Crippen LogP contribution in [0.3, 0.4) is 0 Å². The first-order valence-corrected chi connectivity index (χ1v) is 15.9. The van der Waals surface area contributed by atoms with Crippen LogP contribution in [0.15, 0.2) is 158 Å². The van der Waals surface area contributed by atoms with Gasteiger partial charge in [0.25, 0.3) is 0 Å². The summed E-state index contributed by atoms with van der Waals surface area (Å²) in [6, 6.07) is 51.4. The molecule has 4 aromatic heterocycles. The molecule has 0 aliphatic heterocycles. The van der Waals surface area contributed by atoms with Gasteiger partial charge in [0, 0.05) is 39.7 Å². The molecule has 4 heteroatoms. The summed E-state index contributed by atoms with van der Waals surface area (Å²) in [7, 11) is 0. The highest BCUT2D eigenvalue weighted by Gasteiger charge is 2.20. The maximum absolute atomic E-state index is 5.20. The van der Waals surface area contributed by atoms with Gasteiger partial charge in [-0.25, -0.2) is 4.98 Å². The Kier molecular flexibility index (Phi) is 5.54. The summed E-state index contributed by atoms with van der Waals surface area (Å²) in [6.07, 6.45) is 3.89. The molecule has 10 aromatic rings. The van der Waals surface area contributed by atoms with Crippen LogP contribution in [0.4, 0.5) is 0 Å². The van der Waals surface area contributed by atoms with Crippen molar-refractivity contribution < 1.29 is 0 Å². The second-order valence-electron chi connectivity index (χ2n) is 12.0. The molecule has 10 rings (SSSR count). The average Bonchev–Trinajstić information content (AvgIpc) is 3.54. The fourth-order valence-corrected chi connectivity index (χ4v) is 7.42.